The molecule has 1 fully saturated rings. The lowest BCUT2D eigenvalue weighted by atomic mass is 10.1. The highest BCUT2D eigenvalue weighted by Gasteiger charge is 2.25. The number of rotatable bonds is 4. The van der Waals surface area contributed by atoms with Gasteiger partial charge in [0.25, 0.3) is 0 Å². The van der Waals surface area contributed by atoms with Crippen molar-refractivity contribution in [1.29, 1.82) is 0 Å². The number of piperazine rings is 1. The zero-order valence-corrected chi connectivity index (χ0v) is 13.1. The number of fused-ring (bicyclic) bond motifs is 1. The van der Waals surface area contributed by atoms with Crippen LogP contribution in [0.1, 0.15) is 10.4 Å². The Bertz CT molecular complexity index is 680. The molecule has 0 spiro atoms. The predicted octanol–water partition coefficient (Wildman–Crippen LogP) is 0.175. The van der Waals surface area contributed by atoms with Crippen LogP contribution >= 0.6 is 0 Å². The van der Waals surface area contributed by atoms with E-state index in [2.05, 4.69) is 0 Å². The standard InChI is InChI=1S/C14H18N2O5S/c1-22(18,19)16-6-4-15(5-7-16)9-12(17)11-2-3-13-14(8-11)21-10-20-13/h2-3,8H,4-7,9-10H2,1H3. The molecular weight excluding hydrogens is 308 g/mol. The fourth-order valence-electron chi connectivity index (χ4n) is 2.58. The SMILES string of the molecule is CS(=O)(=O)N1CCN(CC(=O)c2ccc3c(c2)OCO3)CC1. The first-order chi connectivity index (χ1) is 10.4. The molecule has 0 radical (unpaired) electrons. The summed E-state index contributed by atoms with van der Waals surface area (Å²) in [6.07, 6.45) is 1.21. The number of ketones is 1. The maximum absolute atomic E-state index is 12.3. The Hall–Kier alpha value is -1.64. The average Bonchev–Trinajstić information content (AvgIpc) is 2.94. The van der Waals surface area contributed by atoms with Gasteiger partial charge in [0.2, 0.25) is 16.8 Å². The number of carbonyl (C=O) groups excluding carboxylic acids is 1. The van der Waals surface area contributed by atoms with Gasteiger partial charge < -0.3 is 9.47 Å². The molecule has 0 unspecified atom stereocenters. The third kappa shape index (κ3) is 3.23. The molecule has 2 heterocycles. The normalized spacial score (nSPS) is 19.3. The van der Waals surface area contributed by atoms with Gasteiger partial charge in [-0.3, -0.25) is 9.69 Å². The minimum absolute atomic E-state index is 0.00824. The van der Waals surface area contributed by atoms with E-state index in [0.717, 1.165) is 0 Å². The van der Waals surface area contributed by atoms with Gasteiger partial charge in [-0.05, 0) is 18.2 Å². The van der Waals surface area contributed by atoms with Crippen molar-refractivity contribution in [3.05, 3.63) is 23.8 Å². The van der Waals surface area contributed by atoms with Gasteiger partial charge in [-0.15, -0.1) is 0 Å². The summed E-state index contributed by atoms with van der Waals surface area (Å²) in [7, 11) is -3.15. The molecule has 0 aliphatic carbocycles. The number of benzene rings is 1. The van der Waals surface area contributed by atoms with E-state index >= 15 is 0 Å². The van der Waals surface area contributed by atoms with Crippen LogP contribution in [0, 0.1) is 0 Å². The van der Waals surface area contributed by atoms with Gasteiger partial charge in [0, 0.05) is 31.7 Å². The molecule has 0 atom stereocenters. The Morgan fingerprint density at radius 1 is 1.14 bits per heavy atom. The monoisotopic (exact) mass is 326 g/mol. The lowest BCUT2D eigenvalue weighted by Crippen LogP contribution is -2.49. The summed E-state index contributed by atoms with van der Waals surface area (Å²) in [5.74, 6) is 1.23. The van der Waals surface area contributed by atoms with Crippen LogP contribution in [-0.2, 0) is 10.0 Å². The molecule has 1 saturated heterocycles. The summed E-state index contributed by atoms with van der Waals surface area (Å²) in [6.45, 7) is 2.42. The lowest BCUT2D eigenvalue weighted by Gasteiger charge is -2.32. The van der Waals surface area contributed by atoms with Gasteiger partial charge in [-0.1, -0.05) is 0 Å². The van der Waals surface area contributed by atoms with Crippen molar-refractivity contribution in [2.45, 2.75) is 0 Å². The topological polar surface area (TPSA) is 76.2 Å². The third-order valence-electron chi connectivity index (χ3n) is 3.86. The number of Topliss-reactive ketones (excluding diaryl/α,β-unsaturated/α-hetero) is 1. The maximum atomic E-state index is 12.3. The van der Waals surface area contributed by atoms with E-state index in [1.807, 2.05) is 4.90 Å². The van der Waals surface area contributed by atoms with Gasteiger partial charge in [0.15, 0.2) is 17.3 Å². The summed E-state index contributed by atoms with van der Waals surface area (Å²) in [4.78, 5) is 14.3. The van der Waals surface area contributed by atoms with E-state index in [-0.39, 0.29) is 19.1 Å². The first-order valence-corrected chi connectivity index (χ1v) is 8.88. The molecule has 1 aromatic rings. The quantitative estimate of drug-likeness (QED) is 0.735. The Kier molecular flexibility index (Phi) is 4.07. The van der Waals surface area contributed by atoms with Gasteiger partial charge in [0.1, 0.15) is 0 Å². The van der Waals surface area contributed by atoms with E-state index < -0.39 is 10.0 Å². The second-order valence-corrected chi connectivity index (χ2v) is 7.41. The zero-order valence-electron chi connectivity index (χ0n) is 12.3. The molecule has 7 nitrogen and oxygen atoms in total. The van der Waals surface area contributed by atoms with E-state index in [1.54, 1.807) is 18.2 Å². The second-order valence-electron chi connectivity index (χ2n) is 5.43. The van der Waals surface area contributed by atoms with Crippen molar-refractivity contribution in [2.24, 2.45) is 0 Å². The predicted molar refractivity (Wildman–Crippen MR) is 79.8 cm³/mol. The van der Waals surface area contributed by atoms with Gasteiger partial charge >= 0.3 is 0 Å². The van der Waals surface area contributed by atoms with Crippen LogP contribution < -0.4 is 9.47 Å². The Morgan fingerprint density at radius 3 is 2.50 bits per heavy atom. The highest BCUT2D eigenvalue weighted by Crippen LogP contribution is 2.32. The summed E-state index contributed by atoms with van der Waals surface area (Å²) < 4.78 is 34.8. The van der Waals surface area contributed by atoms with Crippen molar-refractivity contribution < 1.29 is 22.7 Å². The number of ether oxygens (including phenoxy) is 2. The number of nitrogens with zero attached hydrogens (tertiary/aromatic N) is 2. The maximum Gasteiger partial charge on any atom is 0.231 e. The highest BCUT2D eigenvalue weighted by atomic mass is 32.2. The Labute approximate surface area is 129 Å². The largest absolute Gasteiger partial charge is 0.454 e. The first kappa shape index (κ1) is 15.3. The van der Waals surface area contributed by atoms with Gasteiger partial charge in [0.05, 0.1) is 12.8 Å². The summed E-state index contributed by atoms with van der Waals surface area (Å²) in [5, 5.41) is 0. The highest BCUT2D eigenvalue weighted by molar-refractivity contribution is 7.88. The second kappa shape index (κ2) is 5.86. The smallest absolute Gasteiger partial charge is 0.231 e. The van der Waals surface area contributed by atoms with Crippen molar-refractivity contribution in [3.63, 3.8) is 0 Å². The fraction of sp³-hybridized carbons (Fsp3) is 0.500. The molecule has 1 aromatic carbocycles. The number of hydrogen-bond donors (Lipinski definition) is 0. The van der Waals surface area contributed by atoms with Gasteiger partial charge in [-0.25, -0.2) is 8.42 Å². The number of sulfonamides is 1. The number of hydrogen-bond acceptors (Lipinski definition) is 6. The molecule has 3 rings (SSSR count). The Morgan fingerprint density at radius 2 is 1.82 bits per heavy atom. The van der Waals surface area contributed by atoms with Crippen LogP contribution in [-0.4, -0.2) is 69.2 Å². The molecule has 0 N–H and O–H groups in total. The van der Waals surface area contributed by atoms with Crippen molar-refractivity contribution in [1.82, 2.24) is 9.21 Å². The molecular formula is C14H18N2O5S. The van der Waals surface area contributed by atoms with Crippen LogP contribution in [0.25, 0.3) is 0 Å². The molecule has 0 bridgehead atoms. The van der Waals surface area contributed by atoms with Crippen LogP contribution in [0.15, 0.2) is 18.2 Å². The average molecular weight is 326 g/mol. The minimum atomic E-state index is -3.15. The van der Waals surface area contributed by atoms with Crippen molar-refractivity contribution in [3.8, 4) is 11.5 Å². The molecule has 22 heavy (non-hydrogen) atoms. The van der Waals surface area contributed by atoms with Crippen LogP contribution in [0.5, 0.6) is 11.5 Å². The summed E-state index contributed by atoms with van der Waals surface area (Å²) in [5.41, 5.74) is 0.579. The van der Waals surface area contributed by atoms with Crippen LogP contribution in [0.4, 0.5) is 0 Å². The number of carbonyl (C=O) groups is 1. The van der Waals surface area contributed by atoms with Crippen molar-refractivity contribution in [2.75, 3.05) is 45.8 Å². The van der Waals surface area contributed by atoms with E-state index in [1.165, 1.54) is 10.6 Å². The molecule has 0 amide bonds. The van der Waals surface area contributed by atoms with Gasteiger partial charge in [-0.2, -0.15) is 4.31 Å². The minimum Gasteiger partial charge on any atom is -0.454 e. The summed E-state index contributed by atoms with van der Waals surface area (Å²) in [6, 6.07) is 5.15. The first-order valence-electron chi connectivity index (χ1n) is 7.04. The lowest BCUT2D eigenvalue weighted by molar-refractivity contribution is 0.0901. The van der Waals surface area contributed by atoms with E-state index in [4.69, 9.17) is 9.47 Å². The molecule has 0 saturated carbocycles. The fourth-order valence-corrected chi connectivity index (χ4v) is 3.41. The molecule has 8 heteroatoms. The molecule has 2 aliphatic rings. The third-order valence-corrected chi connectivity index (χ3v) is 5.17. The zero-order chi connectivity index (χ0) is 15.7. The van der Waals surface area contributed by atoms with E-state index in [0.29, 0.717) is 43.2 Å². The molecule has 120 valence electrons. The van der Waals surface area contributed by atoms with Crippen LogP contribution in [0.2, 0.25) is 0 Å². The van der Waals surface area contributed by atoms with E-state index in [9.17, 15) is 13.2 Å². The molecule has 0 aromatic heterocycles. The van der Waals surface area contributed by atoms with Crippen LogP contribution in [0.3, 0.4) is 0 Å². The van der Waals surface area contributed by atoms with Crippen molar-refractivity contribution >= 4 is 15.8 Å². The summed E-state index contributed by atoms with van der Waals surface area (Å²) >= 11 is 0. The molecule has 2 aliphatic heterocycles. The Balaban J connectivity index is 1.59.